The number of carbonyl (C=O) groups excluding carboxylic acids is 1. The van der Waals surface area contributed by atoms with Gasteiger partial charge in [0.1, 0.15) is 18.5 Å². The molecule has 0 radical (unpaired) electrons. The van der Waals surface area contributed by atoms with Gasteiger partial charge in [-0.15, -0.1) is 0 Å². The average Bonchev–Trinajstić information content (AvgIpc) is 3.27. The molecule has 156 valence electrons. The normalized spacial score (nSPS) is 21.2. The maximum Gasteiger partial charge on any atom is 0.252 e. The summed E-state index contributed by atoms with van der Waals surface area (Å²) in [7, 11) is 0. The Morgan fingerprint density at radius 2 is 2.27 bits per heavy atom. The molecule has 1 unspecified atom stereocenters. The number of phenolic OH excluding ortho intramolecular Hbond substituents is 1. The van der Waals surface area contributed by atoms with E-state index in [1.54, 1.807) is 35.1 Å². The zero-order valence-electron chi connectivity index (χ0n) is 16.6. The molecule has 2 atom stereocenters. The molecule has 5 rings (SSSR count). The quantitative estimate of drug-likeness (QED) is 0.667. The van der Waals surface area contributed by atoms with E-state index in [4.69, 9.17) is 9.47 Å². The Bertz CT molecular complexity index is 1100. The average molecular weight is 409 g/mol. The number of anilines is 1. The van der Waals surface area contributed by atoms with Crippen molar-refractivity contribution >= 4 is 17.2 Å². The first-order valence-corrected chi connectivity index (χ1v) is 10.1. The number of fused-ring (bicyclic) bond motifs is 5. The number of hydrogen-bond acceptors (Lipinski definition) is 7. The number of benzene rings is 1. The van der Waals surface area contributed by atoms with Crippen LogP contribution in [0.3, 0.4) is 0 Å². The fourth-order valence-corrected chi connectivity index (χ4v) is 4.14. The van der Waals surface area contributed by atoms with Gasteiger partial charge in [0.2, 0.25) is 5.88 Å². The Balaban J connectivity index is 1.55. The highest BCUT2D eigenvalue weighted by molar-refractivity contribution is 5.84. The molecule has 9 heteroatoms. The highest BCUT2D eigenvalue weighted by Crippen LogP contribution is 2.31. The molecule has 1 amide bonds. The van der Waals surface area contributed by atoms with E-state index in [1.807, 2.05) is 17.9 Å². The summed E-state index contributed by atoms with van der Waals surface area (Å²) in [6.07, 6.45) is 3.66. The Labute approximate surface area is 173 Å². The van der Waals surface area contributed by atoms with Gasteiger partial charge in [-0.1, -0.05) is 0 Å². The summed E-state index contributed by atoms with van der Waals surface area (Å²) in [5.41, 5.74) is 2.98. The molecule has 1 aromatic carbocycles. The van der Waals surface area contributed by atoms with E-state index in [1.165, 1.54) is 0 Å². The van der Waals surface area contributed by atoms with Crippen LogP contribution in [0, 0.1) is 0 Å². The molecule has 2 aliphatic heterocycles. The van der Waals surface area contributed by atoms with Gasteiger partial charge >= 0.3 is 0 Å². The highest BCUT2D eigenvalue weighted by Gasteiger charge is 2.40. The summed E-state index contributed by atoms with van der Waals surface area (Å²) in [6, 6.07) is 6.93. The van der Waals surface area contributed by atoms with Gasteiger partial charge in [0.15, 0.2) is 5.65 Å². The highest BCUT2D eigenvalue weighted by atomic mass is 16.5. The van der Waals surface area contributed by atoms with Crippen molar-refractivity contribution in [1.29, 1.82) is 0 Å². The lowest BCUT2D eigenvalue weighted by Crippen LogP contribution is -2.41. The van der Waals surface area contributed by atoms with Crippen molar-refractivity contribution in [2.75, 3.05) is 31.6 Å². The Hall–Kier alpha value is -3.33. The molecule has 0 spiro atoms. The smallest absolute Gasteiger partial charge is 0.252 e. The third-order valence-electron chi connectivity index (χ3n) is 5.53. The van der Waals surface area contributed by atoms with Crippen LogP contribution in [-0.2, 0) is 9.53 Å². The van der Waals surface area contributed by atoms with E-state index in [-0.39, 0.29) is 17.7 Å². The molecule has 1 fully saturated rings. The van der Waals surface area contributed by atoms with Crippen molar-refractivity contribution in [3.63, 3.8) is 0 Å². The molecule has 2 aromatic heterocycles. The fraction of sp³-hybridized carbons (Fsp3) is 0.381. The van der Waals surface area contributed by atoms with Crippen LogP contribution in [0.1, 0.15) is 13.3 Å². The van der Waals surface area contributed by atoms with E-state index < -0.39 is 6.10 Å². The van der Waals surface area contributed by atoms with Crippen molar-refractivity contribution in [2.45, 2.75) is 25.5 Å². The molecule has 0 aliphatic carbocycles. The lowest BCUT2D eigenvalue weighted by atomic mass is 10.1. The first kappa shape index (κ1) is 18.7. The third kappa shape index (κ3) is 3.30. The predicted molar refractivity (Wildman–Crippen MR) is 110 cm³/mol. The number of amides is 1. The first-order chi connectivity index (χ1) is 14.6. The van der Waals surface area contributed by atoms with Crippen LogP contribution in [-0.4, -0.2) is 69.0 Å². The topological polar surface area (TPSA) is 101 Å². The number of aromatic nitrogens is 3. The number of phenols is 1. The number of aromatic hydroxyl groups is 1. The Kier molecular flexibility index (Phi) is 4.66. The maximum atomic E-state index is 12.8. The third-order valence-corrected chi connectivity index (χ3v) is 5.53. The Morgan fingerprint density at radius 3 is 3.13 bits per heavy atom. The van der Waals surface area contributed by atoms with E-state index in [0.29, 0.717) is 44.3 Å². The van der Waals surface area contributed by atoms with Gasteiger partial charge in [-0.25, -0.2) is 4.52 Å². The maximum absolute atomic E-state index is 12.8. The van der Waals surface area contributed by atoms with Gasteiger partial charge in [-0.3, -0.25) is 4.79 Å². The molecule has 1 saturated heterocycles. The summed E-state index contributed by atoms with van der Waals surface area (Å²) in [6.45, 7) is 3.77. The van der Waals surface area contributed by atoms with Crippen LogP contribution in [0.4, 0.5) is 5.69 Å². The van der Waals surface area contributed by atoms with Crippen molar-refractivity contribution in [1.82, 2.24) is 19.5 Å². The monoisotopic (exact) mass is 409 g/mol. The van der Waals surface area contributed by atoms with Gasteiger partial charge < -0.3 is 24.8 Å². The lowest BCUT2D eigenvalue weighted by Gasteiger charge is -2.25. The van der Waals surface area contributed by atoms with Gasteiger partial charge in [-0.2, -0.15) is 10.1 Å². The van der Waals surface area contributed by atoms with Crippen molar-refractivity contribution < 1.29 is 19.4 Å². The molecule has 3 aromatic rings. The number of carbonyl (C=O) groups is 1. The molecule has 4 bridgehead atoms. The number of ether oxygens (including phenoxy) is 2. The molecular formula is C21H23N5O4. The van der Waals surface area contributed by atoms with E-state index >= 15 is 0 Å². The zero-order chi connectivity index (χ0) is 20.7. The second-order valence-corrected chi connectivity index (χ2v) is 7.46. The number of nitrogens with one attached hydrogen (secondary N) is 1. The minimum Gasteiger partial charge on any atom is -0.508 e. The van der Waals surface area contributed by atoms with Gasteiger partial charge in [0.05, 0.1) is 12.2 Å². The van der Waals surface area contributed by atoms with Gasteiger partial charge in [0.25, 0.3) is 5.91 Å². The molecule has 30 heavy (non-hydrogen) atoms. The minimum absolute atomic E-state index is 0.0163. The molecular weight excluding hydrogens is 386 g/mol. The van der Waals surface area contributed by atoms with Crippen LogP contribution in [0.25, 0.3) is 16.8 Å². The first-order valence-electron chi connectivity index (χ1n) is 10.1. The molecule has 4 heterocycles. The SMILES string of the molecule is CCO[C@@H]1CC2COc3ccn4ncc(c4n3)-c3cc(O)cc(c3)NCCN2C1=O. The molecule has 2 aliphatic rings. The van der Waals surface area contributed by atoms with E-state index in [2.05, 4.69) is 15.4 Å². The van der Waals surface area contributed by atoms with Crippen LogP contribution >= 0.6 is 0 Å². The summed E-state index contributed by atoms with van der Waals surface area (Å²) in [5.74, 6) is 0.588. The zero-order valence-corrected chi connectivity index (χ0v) is 16.6. The lowest BCUT2D eigenvalue weighted by molar-refractivity contribution is -0.137. The number of nitrogens with zero attached hydrogens (tertiary/aromatic N) is 4. The van der Waals surface area contributed by atoms with Crippen molar-refractivity contribution in [3.05, 3.63) is 36.7 Å². The molecule has 9 nitrogen and oxygen atoms in total. The van der Waals surface area contributed by atoms with Crippen LogP contribution in [0.15, 0.2) is 36.7 Å². The summed E-state index contributed by atoms with van der Waals surface area (Å²) in [5, 5.41) is 17.9. The predicted octanol–water partition coefficient (Wildman–Crippen LogP) is 1.91. The van der Waals surface area contributed by atoms with Crippen LogP contribution in [0.2, 0.25) is 0 Å². The second-order valence-electron chi connectivity index (χ2n) is 7.46. The minimum atomic E-state index is -0.441. The second kappa shape index (κ2) is 7.49. The van der Waals surface area contributed by atoms with Crippen molar-refractivity contribution in [2.24, 2.45) is 0 Å². The Morgan fingerprint density at radius 1 is 1.37 bits per heavy atom. The van der Waals surface area contributed by atoms with Crippen LogP contribution < -0.4 is 10.1 Å². The van der Waals surface area contributed by atoms with E-state index in [0.717, 1.165) is 16.8 Å². The summed E-state index contributed by atoms with van der Waals surface area (Å²) >= 11 is 0. The molecule has 2 N–H and O–H groups in total. The number of hydrogen-bond donors (Lipinski definition) is 2. The van der Waals surface area contributed by atoms with Gasteiger partial charge in [0, 0.05) is 55.7 Å². The van der Waals surface area contributed by atoms with Crippen LogP contribution in [0.5, 0.6) is 11.6 Å². The summed E-state index contributed by atoms with van der Waals surface area (Å²) in [4.78, 5) is 19.2. The van der Waals surface area contributed by atoms with Crippen molar-refractivity contribution in [3.8, 4) is 22.8 Å². The van der Waals surface area contributed by atoms with E-state index in [9.17, 15) is 9.90 Å². The van der Waals surface area contributed by atoms with Gasteiger partial charge in [-0.05, 0) is 24.6 Å². The largest absolute Gasteiger partial charge is 0.508 e. The number of rotatable bonds is 2. The fourth-order valence-electron chi connectivity index (χ4n) is 4.14. The molecule has 0 saturated carbocycles. The summed E-state index contributed by atoms with van der Waals surface area (Å²) < 4.78 is 13.3. The standard InChI is InChI=1S/C21H23N5O4/c1-2-29-18-10-15-12-30-19-3-5-26-20(24-19)17(11-23-26)13-7-14(9-16(27)8-13)22-4-6-25(15)21(18)28/h3,5,7-9,11,15,18,22,27H,2,4,6,10,12H2,1H3/t15?,18-/m1/s1.